The van der Waals surface area contributed by atoms with Crippen molar-refractivity contribution >= 4 is 27.5 Å². The van der Waals surface area contributed by atoms with Crippen molar-refractivity contribution in [3.63, 3.8) is 0 Å². The fourth-order valence-corrected chi connectivity index (χ4v) is 4.34. The third kappa shape index (κ3) is 3.43. The van der Waals surface area contributed by atoms with Gasteiger partial charge >= 0.3 is 6.09 Å². The van der Waals surface area contributed by atoms with E-state index in [9.17, 15) is 13.2 Å². The number of pyridine rings is 1. The van der Waals surface area contributed by atoms with Gasteiger partial charge in [-0.15, -0.1) is 0 Å². The Morgan fingerprint density at radius 3 is 2.88 bits per heavy atom. The van der Waals surface area contributed by atoms with Gasteiger partial charge in [0.1, 0.15) is 11.8 Å². The summed E-state index contributed by atoms with van der Waals surface area (Å²) in [7, 11) is -3.85. The monoisotopic (exact) mass is 377 g/mol. The molecule has 0 spiro atoms. The first-order valence-corrected chi connectivity index (χ1v) is 9.53. The van der Waals surface area contributed by atoms with Crippen LogP contribution in [0.5, 0.6) is 5.88 Å². The molecule has 1 aliphatic heterocycles. The fourth-order valence-electron chi connectivity index (χ4n) is 2.74. The standard InChI is InChI=1S/C17H19N3O5S/c1-3-12-5-4-6-14(7-12)26(23,24)20-10-11(2)25-16-15(20)8-13(9-18-16)19-17(21)22/h4-9,11,19H,3,10H2,1-2H3,(H,21,22). The lowest BCUT2D eigenvalue weighted by molar-refractivity contribution is 0.208. The maximum absolute atomic E-state index is 13.2. The number of anilines is 2. The molecule has 1 aromatic carbocycles. The molecule has 0 aliphatic carbocycles. The second kappa shape index (κ2) is 6.83. The largest absolute Gasteiger partial charge is 0.471 e. The molecule has 1 amide bonds. The van der Waals surface area contributed by atoms with Crippen molar-refractivity contribution in [1.29, 1.82) is 0 Å². The summed E-state index contributed by atoms with van der Waals surface area (Å²) in [5, 5.41) is 11.0. The minimum Gasteiger partial charge on any atom is -0.471 e. The quantitative estimate of drug-likeness (QED) is 0.848. The number of nitrogens with one attached hydrogen (secondary N) is 1. The zero-order valence-corrected chi connectivity index (χ0v) is 15.2. The van der Waals surface area contributed by atoms with Gasteiger partial charge in [0.15, 0.2) is 0 Å². The number of aryl methyl sites for hydroxylation is 1. The lowest BCUT2D eigenvalue weighted by Gasteiger charge is -2.33. The van der Waals surface area contributed by atoms with Crippen LogP contribution in [0.2, 0.25) is 0 Å². The molecule has 8 nitrogen and oxygen atoms in total. The van der Waals surface area contributed by atoms with Crippen LogP contribution in [0, 0.1) is 0 Å². The molecule has 0 saturated heterocycles. The van der Waals surface area contributed by atoms with Crippen molar-refractivity contribution < 1.29 is 23.1 Å². The van der Waals surface area contributed by atoms with Crippen LogP contribution in [-0.2, 0) is 16.4 Å². The van der Waals surface area contributed by atoms with Gasteiger partial charge in [-0.2, -0.15) is 0 Å². The van der Waals surface area contributed by atoms with Gasteiger partial charge in [0.25, 0.3) is 10.0 Å². The zero-order valence-electron chi connectivity index (χ0n) is 14.3. The molecule has 0 radical (unpaired) electrons. The molecule has 138 valence electrons. The number of amides is 1. The summed E-state index contributed by atoms with van der Waals surface area (Å²) in [6.07, 6.45) is 0.348. The molecule has 1 atom stereocenters. The van der Waals surface area contributed by atoms with E-state index in [1.807, 2.05) is 13.0 Å². The van der Waals surface area contributed by atoms with Crippen LogP contribution < -0.4 is 14.4 Å². The van der Waals surface area contributed by atoms with Crippen LogP contribution in [0.3, 0.4) is 0 Å². The van der Waals surface area contributed by atoms with Crippen molar-refractivity contribution in [2.75, 3.05) is 16.2 Å². The number of fused-ring (bicyclic) bond motifs is 1. The van der Waals surface area contributed by atoms with Gasteiger partial charge in [0.2, 0.25) is 5.88 Å². The van der Waals surface area contributed by atoms with E-state index in [1.54, 1.807) is 25.1 Å². The second-order valence-corrected chi connectivity index (χ2v) is 7.81. The number of benzene rings is 1. The third-order valence-corrected chi connectivity index (χ3v) is 5.76. The van der Waals surface area contributed by atoms with Gasteiger partial charge < -0.3 is 9.84 Å². The molecule has 0 fully saturated rings. The Balaban J connectivity index is 2.08. The number of aromatic nitrogens is 1. The number of hydrogen-bond acceptors (Lipinski definition) is 5. The number of rotatable bonds is 4. The Labute approximate surface area is 151 Å². The van der Waals surface area contributed by atoms with E-state index in [0.29, 0.717) is 6.42 Å². The molecule has 1 aliphatic rings. The van der Waals surface area contributed by atoms with Crippen molar-refractivity contribution in [2.24, 2.45) is 0 Å². The topological polar surface area (TPSA) is 109 Å². The number of carbonyl (C=O) groups is 1. The highest BCUT2D eigenvalue weighted by molar-refractivity contribution is 7.92. The molecule has 1 aromatic heterocycles. The Kier molecular flexibility index (Phi) is 4.73. The summed E-state index contributed by atoms with van der Waals surface area (Å²) in [4.78, 5) is 15.1. The minimum absolute atomic E-state index is 0.101. The van der Waals surface area contributed by atoms with Crippen LogP contribution in [0.15, 0.2) is 41.4 Å². The van der Waals surface area contributed by atoms with E-state index in [1.165, 1.54) is 16.6 Å². The van der Waals surface area contributed by atoms with Crippen molar-refractivity contribution in [1.82, 2.24) is 4.98 Å². The van der Waals surface area contributed by atoms with E-state index in [2.05, 4.69) is 10.3 Å². The van der Waals surface area contributed by atoms with Crippen LogP contribution >= 0.6 is 0 Å². The van der Waals surface area contributed by atoms with Crippen LogP contribution in [-0.4, -0.2) is 37.3 Å². The maximum atomic E-state index is 13.2. The molecule has 26 heavy (non-hydrogen) atoms. The van der Waals surface area contributed by atoms with E-state index < -0.39 is 22.2 Å². The highest BCUT2D eigenvalue weighted by Crippen LogP contribution is 2.37. The lowest BCUT2D eigenvalue weighted by atomic mass is 10.2. The van der Waals surface area contributed by atoms with E-state index in [-0.39, 0.29) is 28.7 Å². The fraction of sp³-hybridized carbons (Fsp3) is 0.294. The first-order chi connectivity index (χ1) is 12.3. The molecule has 3 rings (SSSR count). The molecular weight excluding hydrogens is 358 g/mol. The number of nitrogens with zero attached hydrogens (tertiary/aromatic N) is 2. The van der Waals surface area contributed by atoms with Crippen LogP contribution in [0.25, 0.3) is 0 Å². The third-order valence-electron chi connectivity index (χ3n) is 3.98. The predicted molar refractivity (Wildman–Crippen MR) is 96.3 cm³/mol. The molecule has 2 aromatic rings. The Morgan fingerprint density at radius 2 is 2.19 bits per heavy atom. The van der Waals surface area contributed by atoms with E-state index >= 15 is 0 Å². The number of sulfonamides is 1. The highest BCUT2D eigenvalue weighted by Gasteiger charge is 2.34. The summed E-state index contributed by atoms with van der Waals surface area (Å²) in [6.45, 7) is 3.80. The summed E-state index contributed by atoms with van der Waals surface area (Å²) >= 11 is 0. The van der Waals surface area contributed by atoms with Gasteiger partial charge in [0, 0.05) is 0 Å². The van der Waals surface area contributed by atoms with Crippen LogP contribution in [0.4, 0.5) is 16.2 Å². The molecule has 0 bridgehead atoms. The highest BCUT2D eigenvalue weighted by atomic mass is 32.2. The summed E-state index contributed by atoms with van der Waals surface area (Å²) in [5.41, 5.74) is 1.28. The summed E-state index contributed by atoms with van der Waals surface area (Å²) in [6, 6.07) is 8.16. The van der Waals surface area contributed by atoms with Crippen molar-refractivity contribution in [2.45, 2.75) is 31.3 Å². The van der Waals surface area contributed by atoms with Gasteiger partial charge in [-0.3, -0.25) is 9.62 Å². The second-order valence-electron chi connectivity index (χ2n) is 5.94. The van der Waals surface area contributed by atoms with E-state index in [0.717, 1.165) is 5.56 Å². The Bertz CT molecular complexity index is 945. The lowest BCUT2D eigenvalue weighted by Crippen LogP contribution is -2.42. The maximum Gasteiger partial charge on any atom is 0.409 e. The molecule has 0 saturated carbocycles. The van der Waals surface area contributed by atoms with Gasteiger partial charge in [-0.1, -0.05) is 19.1 Å². The minimum atomic E-state index is -3.85. The van der Waals surface area contributed by atoms with E-state index in [4.69, 9.17) is 9.84 Å². The summed E-state index contributed by atoms with van der Waals surface area (Å²) in [5.74, 6) is 0.148. The molecule has 9 heteroatoms. The smallest absolute Gasteiger partial charge is 0.409 e. The van der Waals surface area contributed by atoms with Crippen molar-refractivity contribution in [3.05, 3.63) is 42.1 Å². The summed E-state index contributed by atoms with van der Waals surface area (Å²) < 4.78 is 33.2. The van der Waals surface area contributed by atoms with Gasteiger partial charge in [0.05, 0.1) is 23.3 Å². The van der Waals surface area contributed by atoms with Crippen molar-refractivity contribution in [3.8, 4) is 5.88 Å². The normalized spacial score (nSPS) is 16.5. The number of hydrogen-bond donors (Lipinski definition) is 2. The van der Waals surface area contributed by atoms with Gasteiger partial charge in [-0.05, 0) is 37.1 Å². The number of carboxylic acid groups (broad SMARTS) is 1. The molecule has 2 N–H and O–H groups in total. The first kappa shape index (κ1) is 18.0. The zero-order chi connectivity index (χ0) is 18.9. The average molecular weight is 377 g/mol. The number of ether oxygens (including phenoxy) is 1. The first-order valence-electron chi connectivity index (χ1n) is 8.09. The molecule has 2 heterocycles. The molecule has 1 unspecified atom stereocenters. The Hall–Kier alpha value is -2.81. The molecular formula is C17H19N3O5S. The predicted octanol–water partition coefficient (Wildman–Crippen LogP) is 2.71. The van der Waals surface area contributed by atoms with Gasteiger partial charge in [-0.25, -0.2) is 18.2 Å². The average Bonchev–Trinajstić information content (AvgIpc) is 2.60. The van der Waals surface area contributed by atoms with Crippen LogP contribution in [0.1, 0.15) is 19.4 Å². The SMILES string of the molecule is CCc1cccc(S(=O)(=O)N2CC(C)Oc3ncc(NC(=O)O)cc32)c1. The Morgan fingerprint density at radius 1 is 1.42 bits per heavy atom.